The number of hydrogen-bond acceptors (Lipinski definition) is 3. The summed E-state index contributed by atoms with van der Waals surface area (Å²) >= 11 is 9.42. The maximum absolute atomic E-state index is 5.99. The Bertz CT molecular complexity index is 395. The zero-order valence-corrected chi connectivity index (χ0v) is 12.9. The fourth-order valence-electron chi connectivity index (χ4n) is 2.33. The van der Waals surface area contributed by atoms with Crippen LogP contribution >= 0.6 is 27.5 Å². The molecule has 2 heterocycles. The van der Waals surface area contributed by atoms with Crippen LogP contribution in [-0.4, -0.2) is 30.8 Å². The maximum atomic E-state index is 5.99. The standard InChI is InChI=1S/C13H18BrClN2O/c1-2-18-12-3-5-17(6-4-12)13-10(8-15)7-11(14)9-16-13/h7,9,12H,2-6,8H2,1H3. The van der Waals surface area contributed by atoms with Crippen LogP contribution in [0.2, 0.25) is 0 Å². The second-order valence-electron chi connectivity index (χ2n) is 4.41. The molecule has 0 amide bonds. The van der Waals surface area contributed by atoms with E-state index in [1.165, 1.54) is 0 Å². The molecule has 0 unspecified atom stereocenters. The number of aromatic nitrogens is 1. The highest BCUT2D eigenvalue weighted by atomic mass is 79.9. The summed E-state index contributed by atoms with van der Waals surface area (Å²) in [4.78, 5) is 6.80. The van der Waals surface area contributed by atoms with Gasteiger partial charge >= 0.3 is 0 Å². The Morgan fingerprint density at radius 1 is 1.50 bits per heavy atom. The van der Waals surface area contributed by atoms with Crippen LogP contribution in [0, 0.1) is 0 Å². The lowest BCUT2D eigenvalue weighted by Crippen LogP contribution is -2.38. The number of rotatable bonds is 4. The Morgan fingerprint density at radius 2 is 2.22 bits per heavy atom. The predicted octanol–water partition coefficient (Wildman–Crippen LogP) is 3.59. The van der Waals surface area contributed by atoms with Gasteiger partial charge in [0, 0.05) is 35.9 Å². The predicted molar refractivity (Wildman–Crippen MR) is 78.4 cm³/mol. The van der Waals surface area contributed by atoms with E-state index in [1.54, 1.807) is 0 Å². The third-order valence-electron chi connectivity index (χ3n) is 3.20. The molecule has 0 N–H and O–H groups in total. The number of hydrogen-bond donors (Lipinski definition) is 0. The molecule has 1 aromatic heterocycles. The highest BCUT2D eigenvalue weighted by Crippen LogP contribution is 2.26. The fourth-order valence-corrected chi connectivity index (χ4v) is 2.90. The Labute approximate surface area is 122 Å². The first-order valence-corrected chi connectivity index (χ1v) is 7.64. The van der Waals surface area contributed by atoms with E-state index < -0.39 is 0 Å². The first-order valence-electron chi connectivity index (χ1n) is 6.31. The molecule has 100 valence electrons. The van der Waals surface area contributed by atoms with Crippen LogP contribution in [0.25, 0.3) is 0 Å². The summed E-state index contributed by atoms with van der Waals surface area (Å²) in [6, 6.07) is 2.05. The van der Waals surface area contributed by atoms with Crippen molar-refractivity contribution in [2.75, 3.05) is 24.6 Å². The van der Waals surface area contributed by atoms with Gasteiger partial charge in [0.2, 0.25) is 0 Å². The largest absolute Gasteiger partial charge is 0.378 e. The van der Waals surface area contributed by atoms with Gasteiger partial charge in [0.05, 0.1) is 12.0 Å². The van der Waals surface area contributed by atoms with Crippen molar-refractivity contribution in [2.24, 2.45) is 0 Å². The van der Waals surface area contributed by atoms with Gasteiger partial charge in [-0.3, -0.25) is 0 Å². The topological polar surface area (TPSA) is 25.4 Å². The second-order valence-corrected chi connectivity index (χ2v) is 5.59. The molecule has 5 heteroatoms. The average molecular weight is 334 g/mol. The lowest BCUT2D eigenvalue weighted by Gasteiger charge is -2.33. The summed E-state index contributed by atoms with van der Waals surface area (Å²) in [5.41, 5.74) is 1.08. The van der Waals surface area contributed by atoms with Crippen molar-refractivity contribution in [2.45, 2.75) is 31.7 Å². The lowest BCUT2D eigenvalue weighted by molar-refractivity contribution is 0.0458. The third-order valence-corrected chi connectivity index (χ3v) is 3.92. The fraction of sp³-hybridized carbons (Fsp3) is 0.615. The summed E-state index contributed by atoms with van der Waals surface area (Å²) in [5.74, 6) is 1.51. The lowest BCUT2D eigenvalue weighted by atomic mass is 10.1. The molecular formula is C13H18BrClN2O. The Morgan fingerprint density at radius 3 is 2.83 bits per heavy atom. The first-order chi connectivity index (χ1) is 8.74. The number of piperidine rings is 1. The number of halogens is 2. The van der Waals surface area contributed by atoms with Gasteiger partial charge in [-0.1, -0.05) is 0 Å². The van der Waals surface area contributed by atoms with E-state index in [-0.39, 0.29) is 0 Å². The number of pyridine rings is 1. The Balaban J connectivity index is 2.05. The molecule has 0 bridgehead atoms. The van der Waals surface area contributed by atoms with Crippen LogP contribution < -0.4 is 4.90 Å². The van der Waals surface area contributed by atoms with Crippen LogP contribution in [-0.2, 0) is 10.6 Å². The van der Waals surface area contributed by atoms with E-state index in [0.29, 0.717) is 12.0 Å². The molecule has 0 spiro atoms. The van der Waals surface area contributed by atoms with Gasteiger partial charge in [-0.25, -0.2) is 4.98 Å². The minimum absolute atomic E-state index is 0.404. The number of anilines is 1. The van der Waals surface area contributed by atoms with Crippen LogP contribution in [0.4, 0.5) is 5.82 Å². The normalized spacial score (nSPS) is 17.2. The van der Waals surface area contributed by atoms with E-state index in [1.807, 2.05) is 19.2 Å². The van der Waals surface area contributed by atoms with Crippen LogP contribution in [0.15, 0.2) is 16.7 Å². The summed E-state index contributed by atoms with van der Waals surface area (Å²) in [6.07, 6.45) is 4.36. The minimum Gasteiger partial charge on any atom is -0.378 e. The molecule has 0 atom stereocenters. The molecule has 0 aliphatic carbocycles. The van der Waals surface area contributed by atoms with Crippen molar-refractivity contribution in [3.8, 4) is 0 Å². The molecule has 1 aromatic rings. The molecular weight excluding hydrogens is 316 g/mol. The summed E-state index contributed by atoms with van der Waals surface area (Å²) in [7, 11) is 0. The quantitative estimate of drug-likeness (QED) is 0.787. The highest BCUT2D eigenvalue weighted by Gasteiger charge is 2.21. The average Bonchev–Trinajstić information content (AvgIpc) is 2.40. The third kappa shape index (κ3) is 3.37. The molecule has 1 aliphatic rings. The van der Waals surface area contributed by atoms with Gasteiger partial charge in [-0.05, 0) is 41.8 Å². The highest BCUT2D eigenvalue weighted by molar-refractivity contribution is 9.10. The molecule has 1 aliphatic heterocycles. The van der Waals surface area contributed by atoms with Crippen molar-refractivity contribution < 1.29 is 4.74 Å². The van der Waals surface area contributed by atoms with Crippen molar-refractivity contribution in [1.82, 2.24) is 4.98 Å². The van der Waals surface area contributed by atoms with E-state index in [4.69, 9.17) is 16.3 Å². The van der Waals surface area contributed by atoms with Gasteiger partial charge in [0.1, 0.15) is 5.82 Å². The molecule has 3 nitrogen and oxygen atoms in total. The van der Waals surface area contributed by atoms with Crippen molar-refractivity contribution in [1.29, 1.82) is 0 Å². The zero-order valence-electron chi connectivity index (χ0n) is 10.5. The summed E-state index contributed by atoms with van der Waals surface area (Å²) < 4.78 is 6.64. The summed E-state index contributed by atoms with van der Waals surface area (Å²) in [6.45, 7) is 4.83. The second kappa shape index (κ2) is 6.73. The monoisotopic (exact) mass is 332 g/mol. The smallest absolute Gasteiger partial charge is 0.133 e. The molecule has 1 fully saturated rings. The SMILES string of the molecule is CCOC1CCN(c2ncc(Br)cc2CCl)CC1. The van der Waals surface area contributed by atoms with Crippen LogP contribution in [0.1, 0.15) is 25.3 Å². The van der Waals surface area contributed by atoms with E-state index in [0.717, 1.165) is 48.4 Å². The van der Waals surface area contributed by atoms with Gasteiger partial charge in [0.15, 0.2) is 0 Å². The van der Waals surface area contributed by atoms with E-state index >= 15 is 0 Å². The van der Waals surface area contributed by atoms with Crippen molar-refractivity contribution >= 4 is 33.3 Å². The molecule has 1 saturated heterocycles. The Hall–Kier alpha value is -0.320. The van der Waals surface area contributed by atoms with Gasteiger partial charge in [0.25, 0.3) is 0 Å². The molecule has 2 rings (SSSR count). The van der Waals surface area contributed by atoms with Crippen molar-refractivity contribution in [3.05, 3.63) is 22.3 Å². The molecule has 0 aromatic carbocycles. The van der Waals surface area contributed by atoms with E-state index in [9.17, 15) is 0 Å². The zero-order chi connectivity index (χ0) is 13.0. The number of ether oxygens (including phenoxy) is 1. The Kier molecular flexibility index (Phi) is 5.27. The van der Waals surface area contributed by atoms with Crippen LogP contribution in [0.5, 0.6) is 0 Å². The first kappa shape index (κ1) is 14.1. The molecule has 18 heavy (non-hydrogen) atoms. The molecule has 0 radical (unpaired) electrons. The maximum Gasteiger partial charge on any atom is 0.133 e. The molecule has 0 saturated carbocycles. The van der Waals surface area contributed by atoms with Crippen molar-refractivity contribution in [3.63, 3.8) is 0 Å². The van der Waals surface area contributed by atoms with Gasteiger partial charge < -0.3 is 9.64 Å². The minimum atomic E-state index is 0.404. The van der Waals surface area contributed by atoms with Gasteiger partial charge in [-0.2, -0.15) is 0 Å². The number of alkyl halides is 1. The van der Waals surface area contributed by atoms with E-state index in [2.05, 4.69) is 25.8 Å². The number of nitrogens with zero attached hydrogens (tertiary/aromatic N) is 2. The van der Waals surface area contributed by atoms with Crippen LogP contribution in [0.3, 0.4) is 0 Å². The summed E-state index contributed by atoms with van der Waals surface area (Å²) in [5, 5.41) is 0. The van der Waals surface area contributed by atoms with Gasteiger partial charge in [-0.15, -0.1) is 11.6 Å².